The quantitative estimate of drug-likeness (QED) is 0.805. The second-order valence-electron chi connectivity index (χ2n) is 5.11. The lowest BCUT2D eigenvalue weighted by Gasteiger charge is -2.26. The lowest BCUT2D eigenvalue weighted by atomic mass is 10.2. The highest BCUT2D eigenvalue weighted by atomic mass is 19.4. The number of aliphatic carboxylic acids is 1. The first-order valence-electron chi connectivity index (χ1n) is 7.09. The number of carboxylic acid groups (broad SMARTS) is 1. The van der Waals surface area contributed by atoms with Crippen molar-refractivity contribution in [2.45, 2.75) is 32.5 Å². The van der Waals surface area contributed by atoms with Crippen molar-refractivity contribution in [2.75, 3.05) is 18.4 Å². The van der Waals surface area contributed by atoms with Gasteiger partial charge in [-0.2, -0.15) is 13.2 Å². The van der Waals surface area contributed by atoms with Gasteiger partial charge >= 0.3 is 12.1 Å². The van der Waals surface area contributed by atoms with Crippen LogP contribution in [0.5, 0.6) is 0 Å². The van der Waals surface area contributed by atoms with Crippen molar-refractivity contribution in [3.63, 3.8) is 0 Å². The number of nitrogens with zero attached hydrogens (tertiary/aromatic N) is 1. The first kappa shape index (κ1) is 19.0. The fourth-order valence-corrected chi connectivity index (χ4v) is 2.06. The Labute approximate surface area is 132 Å². The summed E-state index contributed by atoms with van der Waals surface area (Å²) in [5.41, 5.74) is -0.845. The molecule has 1 unspecified atom stereocenters. The van der Waals surface area contributed by atoms with Crippen molar-refractivity contribution in [1.82, 2.24) is 4.90 Å². The van der Waals surface area contributed by atoms with E-state index in [1.165, 1.54) is 24.0 Å². The van der Waals surface area contributed by atoms with E-state index in [-0.39, 0.29) is 12.2 Å². The molecule has 8 heteroatoms. The lowest BCUT2D eigenvalue weighted by molar-refractivity contribution is -0.140. The molecule has 1 amide bonds. The van der Waals surface area contributed by atoms with Crippen molar-refractivity contribution in [3.8, 4) is 0 Å². The summed E-state index contributed by atoms with van der Waals surface area (Å²) in [6, 6.07) is 3.52. The fourth-order valence-electron chi connectivity index (χ4n) is 2.06. The zero-order valence-electron chi connectivity index (χ0n) is 12.9. The molecule has 0 aliphatic heterocycles. The van der Waals surface area contributed by atoms with Gasteiger partial charge in [0, 0.05) is 5.69 Å². The predicted molar refractivity (Wildman–Crippen MR) is 79.0 cm³/mol. The van der Waals surface area contributed by atoms with E-state index >= 15 is 0 Å². The minimum Gasteiger partial charge on any atom is -0.480 e. The summed E-state index contributed by atoms with van der Waals surface area (Å²) in [6.45, 7) is 3.43. The molecular formula is C15H19F3N2O3. The van der Waals surface area contributed by atoms with E-state index in [1.54, 1.807) is 0 Å². The highest BCUT2D eigenvalue weighted by Gasteiger charge is 2.30. The smallest absolute Gasteiger partial charge is 0.416 e. The first-order valence-corrected chi connectivity index (χ1v) is 7.09. The molecule has 0 saturated carbocycles. The van der Waals surface area contributed by atoms with Crippen LogP contribution >= 0.6 is 0 Å². The van der Waals surface area contributed by atoms with Gasteiger partial charge in [0.15, 0.2) is 0 Å². The number of amides is 1. The SMILES string of the molecule is CCCN(CC(=O)O)C(C)C(=O)Nc1cccc(C(F)(F)F)c1. The summed E-state index contributed by atoms with van der Waals surface area (Å²) in [5, 5.41) is 11.3. The minimum atomic E-state index is -4.50. The van der Waals surface area contributed by atoms with Gasteiger partial charge in [-0.05, 0) is 38.1 Å². The van der Waals surface area contributed by atoms with E-state index in [2.05, 4.69) is 5.32 Å². The molecule has 128 valence electrons. The van der Waals surface area contributed by atoms with Gasteiger partial charge in [-0.1, -0.05) is 13.0 Å². The summed E-state index contributed by atoms with van der Waals surface area (Å²) < 4.78 is 37.9. The molecule has 0 fully saturated rings. The Kier molecular flexibility index (Phi) is 6.56. The lowest BCUT2D eigenvalue weighted by Crippen LogP contribution is -2.44. The Morgan fingerprint density at radius 3 is 2.52 bits per heavy atom. The summed E-state index contributed by atoms with van der Waals surface area (Å²) in [4.78, 5) is 24.4. The third kappa shape index (κ3) is 5.90. The average Bonchev–Trinajstić information content (AvgIpc) is 2.45. The molecule has 1 atom stereocenters. The van der Waals surface area contributed by atoms with Gasteiger partial charge in [0.1, 0.15) is 0 Å². The average molecular weight is 332 g/mol. The number of halogens is 3. The standard InChI is InChI=1S/C15H19F3N2O3/c1-3-7-20(9-13(21)22)10(2)14(23)19-12-6-4-5-11(8-12)15(16,17)18/h4-6,8,10H,3,7,9H2,1-2H3,(H,19,23)(H,21,22). The van der Waals surface area contributed by atoms with E-state index in [1.807, 2.05) is 6.92 Å². The molecule has 2 N–H and O–H groups in total. The monoisotopic (exact) mass is 332 g/mol. The Morgan fingerprint density at radius 2 is 2.00 bits per heavy atom. The number of hydrogen-bond donors (Lipinski definition) is 2. The molecule has 0 aliphatic carbocycles. The van der Waals surface area contributed by atoms with Crippen LogP contribution in [-0.2, 0) is 15.8 Å². The molecule has 1 aromatic carbocycles. The summed E-state index contributed by atoms with van der Waals surface area (Å²) in [6.07, 6.45) is -3.85. The van der Waals surface area contributed by atoms with Crippen molar-refractivity contribution >= 4 is 17.6 Å². The topological polar surface area (TPSA) is 69.6 Å². The number of rotatable bonds is 7. The van der Waals surface area contributed by atoms with Crippen LogP contribution in [0.25, 0.3) is 0 Å². The van der Waals surface area contributed by atoms with Crippen LogP contribution in [0.1, 0.15) is 25.8 Å². The van der Waals surface area contributed by atoms with Gasteiger partial charge in [-0.3, -0.25) is 14.5 Å². The van der Waals surface area contributed by atoms with E-state index in [4.69, 9.17) is 5.11 Å². The molecule has 0 heterocycles. The molecule has 23 heavy (non-hydrogen) atoms. The van der Waals surface area contributed by atoms with Crippen molar-refractivity contribution in [3.05, 3.63) is 29.8 Å². The molecular weight excluding hydrogens is 313 g/mol. The first-order chi connectivity index (χ1) is 10.6. The largest absolute Gasteiger partial charge is 0.480 e. The maximum absolute atomic E-state index is 12.6. The van der Waals surface area contributed by atoms with Crippen LogP contribution in [0.3, 0.4) is 0 Å². The van der Waals surface area contributed by atoms with Crippen LogP contribution in [-0.4, -0.2) is 41.0 Å². The van der Waals surface area contributed by atoms with Gasteiger partial charge in [0.25, 0.3) is 0 Å². The van der Waals surface area contributed by atoms with E-state index < -0.39 is 29.7 Å². The molecule has 0 aromatic heterocycles. The Hall–Kier alpha value is -2.09. The van der Waals surface area contributed by atoms with E-state index in [0.717, 1.165) is 12.1 Å². The van der Waals surface area contributed by atoms with Crippen LogP contribution in [0.15, 0.2) is 24.3 Å². The van der Waals surface area contributed by atoms with Gasteiger partial charge < -0.3 is 10.4 Å². The molecule has 1 aromatic rings. The molecule has 1 rings (SSSR count). The molecule has 0 aliphatic rings. The number of hydrogen-bond acceptors (Lipinski definition) is 3. The van der Waals surface area contributed by atoms with Crippen LogP contribution in [0.4, 0.5) is 18.9 Å². The van der Waals surface area contributed by atoms with Gasteiger partial charge in [0.2, 0.25) is 5.91 Å². The Bertz CT molecular complexity index is 561. The van der Waals surface area contributed by atoms with Gasteiger partial charge in [-0.15, -0.1) is 0 Å². The fraction of sp³-hybridized carbons (Fsp3) is 0.467. The maximum atomic E-state index is 12.6. The number of carboxylic acids is 1. The summed E-state index contributed by atoms with van der Waals surface area (Å²) in [7, 11) is 0. The normalized spacial score (nSPS) is 13.0. The molecule has 0 bridgehead atoms. The van der Waals surface area contributed by atoms with Crippen LogP contribution in [0, 0.1) is 0 Å². The van der Waals surface area contributed by atoms with Crippen molar-refractivity contribution in [2.24, 2.45) is 0 Å². The zero-order valence-corrected chi connectivity index (χ0v) is 12.9. The number of alkyl halides is 3. The number of anilines is 1. The number of nitrogens with one attached hydrogen (secondary N) is 1. The molecule has 0 saturated heterocycles. The van der Waals surface area contributed by atoms with E-state index in [9.17, 15) is 22.8 Å². The summed E-state index contributed by atoms with van der Waals surface area (Å²) >= 11 is 0. The Balaban J connectivity index is 2.83. The highest BCUT2D eigenvalue weighted by Crippen LogP contribution is 2.30. The second-order valence-corrected chi connectivity index (χ2v) is 5.11. The number of carbonyl (C=O) groups is 2. The number of carbonyl (C=O) groups excluding carboxylic acids is 1. The third-order valence-corrected chi connectivity index (χ3v) is 3.23. The maximum Gasteiger partial charge on any atom is 0.416 e. The molecule has 0 spiro atoms. The van der Waals surface area contributed by atoms with Gasteiger partial charge in [-0.25, -0.2) is 0 Å². The number of benzene rings is 1. The van der Waals surface area contributed by atoms with Gasteiger partial charge in [0.05, 0.1) is 18.2 Å². The zero-order chi connectivity index (χ0) is 17.6. The highest BCUT2D eigenvalue weighted by molar-refractivity contribution is 5.94. The molecule has 0 radical (unpaired) electrons. The van der Waals surface area contributed by atoms with Crippen molar-refractivity contribution < 1.29 is 27.9 Å². The molecule has 5 nitrogen and oxygen atoms in total. The van der Waals surface area contributed by atoms with Crippen LogP contribution < -0.4 is 5.32 Å². The van der Waals surface area contributed by atoms with Crippen molar-refractivity contribution in [1.29, 1.82) is 0 Å². The summed E-state index contributed by atoms with van der Waals surface area (Å²) in [5.74, 6) is -1.63. The van der Waals surface area contributed by atoms with Crippen LogP contribution in [0.2, 0.25) is 0 Å². The van der Waals surface area contributed by atoms with E-state index in [0.29, 0.717) is 13.0 Å². The second kappa shape index (κ2) is 7.96. The third-order valence-electron chi connectivity index (χ3n) is 3.23. The Morgan fingerprint density at radius 1 is 1.35 bits per heavy atom. The minimum absolute atomic E-state index is 0.0171. The predicted octanol–water partition coefficient (Wildman–Crippen LogP) is 2.83.